The molecule has 2 aromatic carbocycles. The molecule has 0 heterocycles. The summed E-state index contributed by atoms with van der Waals surface area (Å²) in [6, 6.07) is 16.3. The normalized spacial score (nSPS) is 12.4. The minimum atomic E-state index is -0.429. The Bertz CT molecular complexity index is 505. The fourth-order valence-electron chi connectivity index (χ4n) is 1.99. The van der Waals surface area contributed by atoms with E-state index in [1.165, 1.54) is 16.0 Å². The summed E-state index contributed by atoms with van der Waals surface area (Å²) in [6.07, 6.45) is 2.30. The third kappa shape index (κ3) is 3.15. The van der Waals surface area contributed by atoms with Crippen LogP contribution in [0.3, 0.4) is 0 Å². The zero-order chi connectivity index (χ0) is 13.0. The van der Waals surface area contributed by atoms with Crippen molar-refractivity contribution >= 4 is 11.8 Å². The molecular weight excluding hydrogens is 240 g/mol. The lowest BCUT2D eigenvalue weighted by Gasteiger charge is -2.13. The number of aliphatic hydroxyl groups is 1. The Hall–Kier alpha value is -1.25. The van der Waals surface area contributed by atoms with E-state index in [4.69, 9.17) is 0 Å². The molecule has 18 heavy (non-hydrogen) atoms. The van der Waals surface area contributed by atoms with Crippen LogP contribution >= 0.6 is 11.8 Å². The van der Waals surface area contributed by atoms with Crippen LogP contribution < -0.4 is 0 Å². The van der Waals surface area contributed by atoms with E-state index >= 15 is 0 Å². The highest BCUT2D eigenvalue weighted by molar-refractivity contribution is 7.98. The van der Waals surface area contributed by atoms with Crippen molar-refractivity contribution < 1.29 is 5.11 Å². The summed E-state index contributed by atoms with van der Waals surface area (Å²) in [5.74, 6) is 0. The predicted octanol–water partition coefficient (Wildman–Crippen LogP) is 3.99. The average Bonchev–Trinajstić information content (AvgIpc) is 2.41. The molecule has 0 bridgehead atoms. The standard InChI is InChI=1S/C16H18OS/c1-12-5-3-4-6-14(12)11-16(17)13-7-9-15(18-2)10-8-13/h3-10,16-17H,11H2,1-2H3. The van der Waals surface area contributed by atoms with Gasteiger partial charge in [-0.3, -0.25) is 0 Å². The molecular formula is C16H18OS. The number of benzene rings is 2. The number of hydrogen-bond donors (Lipinski definition) is 1. The van der Waals surface area contributed by atoms with Gasteiger partial charge in [-0.2, -0.15) is 0 Å². The molecule has 1 atom stereocenters. The third-order valence-electron chi connectivity index (χ3n) is 3.18. The van der Waals surface area contributed by atoms with Gasteiger partial charge in [0, 0.05) is 11.3 Å². The second kappa shape index (κ2) is 6.07. The van der Waals surface area contributed by atoms with Crippen LogP contribution in [0.2, 0.25) is 0 Å². The molecule has 1 N–H and O–H groups in total. The maximum Gasteiger partial charge on any atom is 0.0830 e. The summed E-state index contributed by atoms with van der Waals surface area (Å²) in [5, 5.41) is 10.3. The molecule has 2 aromatic rings. The van der Waals surface area contributed by atoms with Gasteiger partial charge in [0.15, 0.2) is 0 Å². The molecule has 0 spiro atoms. The summed E-state index contributed by atoms with van der Waals surface area (Å²) in [6.45, 7) is 2.08. The Morgan fingerprint density at radius 1 is 1.06 bits per heavy atom. The van der Waals surface area contributed by atoms with Gasteiger partial charge in [-0.1, -0.05) is 36.4 Å². The topological polar surface area (TPSA) is 20.2 Å². The third-order valence-corrected chi connectivity index (χ3v) is 3.92. The molecule has 0 radical (unpaired) electrons. The molecule has 0 saturated heterocycles. The van der Waals surface area contributed by atoms with Crippen LogP contribution in [0.4, 0.5) is 0 Å². The van der Waals surface area contributed by atoms with Gasteiger partial charge in [0.1, 0.15) is 0 Å². The Balaban J connectivity index is 2.11. The molecule has 0 fully saturated rings. The fraction of sp³-hybridized carbons (Fsp3) is 0.250. The van der Waals surface area contributed by atoms with E-state index in [1.54, 1.807) is 11.8 Å². The van der Waals surface area contributed by atoms with Crippen molar-refractivity contribution in [3.05, 3.63) is 65.2 Å². The first kappa shape index (κ1) is 13.2. The van der Waals surface area contributed by atoms with Crippen LogP contribution in [0.5, 0.6) is 0 Å². The summed E-state index contributed by atoms with van der Waals surface area (Å²) in [5.41, 5.74) is 3.42. The van der Waals surface area contributed by atoms with E-state index in [0.29, 0.717) is 6.42 Å². The lowest BCUT2D eigenvalue weighted by molar-refractivity contribution is 0.178. The highest BCUT2D eigenvalue weighted by atomic mass is 32.2. The number of aliphatic hydroxyl groups excluding tert-OH is 1. The van der Waals surface area contributed by atoms with E-state index in [9.17, 15) is 5.11 Å². The number of aryl methyl sites for hydroxylation is 1. The molecule has 2 heteroatoms. The average molecular weight is 258 g/mol. The van der Waals surface area contributed by atoms with Crippen molar-refractivity contribution in [1.82, 2.24) is 0 Å². The number of rotatable bonds is 4. The highest BCUT2D eigenvalue weighted by Gasteiger charge is 2.09. The highest BCUT2D eigenvalue weighted by Crippen LogP contribution is 2.22. The Kier molecular flexibility index (Phi) is 4.45. The maximum atomic E-state index is 10.3. The Morgan fingerprint density at radius 3 is 2.33 bits per heavy atom. The Morgan fingerprint density at radius 2 is 1.72 bits per heavy atom. The molecule has 0 aliphatic rings. The zero-order valence-electron chi connectivity index (χ0n) is 10.8. The van der Waals surface area contributed by atoms with Crippen molar-refractivity contribution in [3.8, 4) is 0 Å². The first-order valence-corrected chi connectivity index (χ1v) is 7.29. The SMILES string of the molecule is CSc1ccc(C(O)Cc2ccccc2C)cc1. The smallest absolute Gasteiger partial charge is 0.0830 e. The van der Waals surface area contributed by atoms with Crippen LogP contribution in [-0.4, -0.2) is 11.4 Å². The van der Waals surface area contributed by atoms with Crippen LogP contribution in [0.1, 0.15) is 22.8 Å². The van der Waals surface area contributed by atoms with Crippen molar-refractivity contribution in [3.63, 3.8) is 0 Å². The van der Waals surface area contributed by atoms with Gasteiger partial charge in [-0.25, -0.2) is 0 Å². The van der Waals surface area contributed by atoms with Gasteiger partial charge in [0.2, 0.25) is 0 Å². The van der Waals surface area contributed by atoms with Gasteiger partial charge < -0.3 is 5.11 Å². The van der Waals surface area contributed by atoms with Crippen molar-refractivity contribution in [2.75, 3.05) is 6.26 Å². The molecule has 0 aliphatic carbocycles. The molecule has 0 saturated carbocycles. The number of thioether (sulfide) groups is 1. The first-order valence-electron chi connectivity index (χ1n) is 6.07. The molecule has 2 rings (SSSR count). The second-order valence-corrected chi connectivity index (χ2v) is 5.30. The van der Waals surface area contributed by atoms with Crippen molar-refractivity contribution in [2.24, 2.45) is 0 Å². The molecule has 1 nitrogen and oxygen atoms in total. The van der Waals surface area contributed by atoms with E-state index in [1.807, 2.05) is 24.3 Å². The van der Waals surface area contributed by atoms with Crippen LogP contribution in [0, 0.1) is 6.92 Å². The predicted molar refractivity (Wildman–Crippen MR) is 78.1 cm³/mol. The quantitative estimate of drug-likeness (QED) is 0.837. The maximum absolute atomic E-state index is 10.3. The van der Waals surface area contributed by atoms with Gasteiger partial charge in [0.05, 0.1) is 6.10 Å². The zero-order valence-corrected chi connectivity index (χ0v) is 11.6. The minimum Gasteiger partial charge on any atom is -0.388 e. The second-order valence-electron chi connectivity index (χ2n) is 4.42. The van der Waals surface area contributed by atoms with Crippen molar-refractivity contribution in [2.45, 2.75) is 24.3 Å². The number of hydrogen-bond acceptors (Lipinski definition) is 2. The van der Waals surface area contributed by atoms with Gasteiger partial charge in [-0.05, 0) is 42.0 Å². The molecule has 0 aliphatic heterocycles. The van der Waals surface area contributed by atoms with Gasteiger partial charge in [0.25, 0.3) is 0 Å². The van der Waals surface area contributed by atoms with E-state index in [0.717, 1.165) is 5.56 Å². The summed E-state index contributed by atoms with van der Waals surface area (Å²) in [4.78, 5) is 1.22. The van der Waals surface area contributed by atoms with E-state index in [-0.39, 0.29) is 0 Å². The van der Waals surface area contributed by atoms with Crippen molar-refractivity contribution in [1.29, 1.82) is 0 Å². The fourth-order valence-corrected chi connectivity index (χ4v) is 2.40. The molecule has 0 aromatic heterocycles. The summed E-state index contributed by atoms with van der Waals surface area (Å²) >= 11 is 1.71. The summed E-state index contributed by atoms with van der Waals surface area (Å²) in [7, 11) is 0. The molecule has 0 amide bonds. The van der Waals surface area contributed by atoms with Gasteiger partial charge >= 0.3 is 0 Å². The lowest BCUT2D eigenvalue weighted by Crippen LogP contribution is -2.02. The van der Waals surface area contributed by atoms with Crippen LogP contribution in [0.15, 0.2) is 53.4 Å². The molecule has 94 valence electrons. The Labute approximate surface area is 113 Å². The lowest BCUT2D eigenvalue weighted by atomic mass is 9.98. The van der Waals surface area contributed by atoms with Crippen LogP contribution in [0.25, 0.3) is 0 Å². The van der Waals surface area contributed by atoms with Crippen LogP contribution in [-0.2, 0) is 6.42 Å². The summed E-state index contributed by atoms with van der Waals surface area (Å²) < 4.78 is 0. The van der Waals surface area contributed by atoms with Gasteiger partial charge in [-0.15, -0.1) is 11.8 Å². The van der Waals surface area contributed by atoms with E-state index in [2.05, 4.69) is 37.4 Å². The molecule has 1 unspecified atom stereocenters. The monoisotopic (exact) mass is 258 g/mol. The van der Waals surface area contributed by atoms with E-state index < -0.39 is 6.10 Å². The minimum absolute atomic E-state index is 0.429. The first-order chi connectivity index (χ1) is 8.70. The largest absolute Gasteiger partial charge is 0.388 e.